The van der Waals surface area contributed by atoms with Crippen molar-refractivity contribution < 1.29 is 19.1 Å². The van der Waals surface area contributed by atoms with Gasteiger partial charge in [-0.05, 0) is 82.8 Å². The molecule has 1 N–H and O–H groups in total. The minimum atomic E-state index is -0.745. The molecule has 7 nitrogen and oxygen atoms in total. The zero-order valence-corrected chi connectivity index (χ0v) is 27.1. The topological polar surface area (TPSA) is 80.8 Å². The number of likely N-dealkylation sites (N-methyl/N-ethyl adjacent to an activating group) is 1. The number of aromatic nitrogens is 1. The number of hydrogen-bond acceptors (Lipinski definition) is 5. The molecule has 0 bridgehead atoms. The molecule has 1 aliphatic rings. The summed E-state index contributed by atoms with van der Waals surface area (Å²) in [5, 5.41) is 4.62. The van der Waals surface area contributed by atoms with Gasteiger partial charge in [-0.15, -0.1) is 0 Å². The van der Waals surface area contributed by atoms with Gasteiger partial charge in [0.25, 0.3) is 5.91 Å². The Morgan fingerprint density at radius 2 is 1.56 bits per heavy atom. The molecule has 236 valence electrons. The Morgan fingerprint density at radius 1 is 0.889 bits per heavy atom. The number of hydrogen-bond donors (Lipinski definition) is 1. The van der Waals surface area contributed by atoms with Crippen molar-refractivity contribution in [2.75, 3.05) is 20.7 Å². The quantitative estimate of drug-likeness (QED) is 0.189. The van der Waals surface area contributed by atoms with Gasteiger partial charge in [0.15, 0.2) is 0 Å². The number of amides is 2. The molecule has 1 heterocycles. The maximum Gasteiger partial charge on any atom is 0.270 e. The fraction of sp³-hybridized carbons (Fsp3) is 0.395. The normalized spacial score (nSPS) is 14.2. The van der Waals surface area contributed by atoms with Crippen LogP contribution in [0, 0.1) is 5.92 Å². The third kappa shape index (κ3) is 8.62. The van der Waals surface area contributed by atoms with E-state index in [1.54, 1.807) is 26.4 Å². The zero-order chi connectivity index (χ0) is 32.0. The van der Waals surface area contributed by atoms with Crippen molar-refractivity contribution in [3.8, 4) is 17.2 Å². The van der Waals surface area contributed by atoms with E-state index in [1.165, 1.54) is 36.1 Å². The molecule has 3 aromatic carbocycles. The van der Waals surface area contributed by atoms with E-state index in [2.05, 4.69) is 43.2 Å². The van der Waals surface area contributed by atoms with Crippen molar-refractivity contribution >= 4 is 22.6 Å². The average Bonchev–Trinajstić information content (AvgIpc) is 3.54. The number of ether oxygens (including phenoxy) is 2. The summed E-state index contributed by atoms with van der Waals surface area (Å²) in [7, 11) is 3.38. The van der Waals surface area contributed by atoms with Crippen molar-refractivity contribution in [1.82, 2.24) is 15.2 Å². The SMILES string of the molecule is CN(C)C(=O)[C@H](Cc1ccc(OCCC2CCCC2)cc1)NC(=O)c1cc2cc(Oc3ccc(C(C)(C)C)cc3)ccc2cn1. The second kappa shape index (κ2) is 14.1. The maximum absolute atomic E-state index is 13.4. The highest BCUT2D eigenvalue weighted by Gasteiger charge is 2.24. The maximum atomic E-state index is 13.4. The van der Waals surface area contributed by atoms with E-state index in [0.29, 0.717) is 12.2 Å². The first-order valence-electron chi connectivity index (χ1n) is 16.0. The lowest BCUT2D eigenvalue weighted by atomic mass is 9.87. The van der Waals surface area contributed by atoms with Gasteiger partial charge in [-0.3, -0.25) is 14.6 Å². The molecule has 0 unspecified atom stereocenters. The standard InChI is InChI=1S/C38H45N3O4/c1-38(2,3)30-13-18-32(19-14-30)45-33-17-12-28-25-39-34(24-29(28)23-33)36(42)40-35(37(43)41(4)5)22-27-10-15-31(16-11-27)44-21-20-26-8-6-7-9-26/h10-19,23-26,35H,6-9,20-22H2,1-5H3,(H,40,42)/t35-/m0/s1. The first-order valence-corrected chi connectivity index (χ1v) is 16.0. The molecular formula is C38H45N3O4. The van der Waals surface area contributed by atoms with Crippen LogP contribution in [0.25, 0.3) is 10.8 Å². The number of carbonyl (C=O) groups excluding carboxylic acids is 2. The van der Waals surface area contributed by atoms with Crippen LogP contribution in [-0.4, -0.2) is 48.4 Å². The molecule has 7 heteroatoms. The summed E-state index contributed by atoms with van der Waals surface area (Å²) in [6, 6.07) is 22.6. The van der Waals surface area contributed by atoms with Gasteiger partial charge in [0.2, 0.25) is 5.91 Å². The Bertz CT molecular complexity index is 1600. The van der Waals surface area contributed by atoms with Gasteiger partial charge in [-0.25, -0.2) is 0 Å². The summed E-state index contributed by atoms with van der Waals surface area (Å²) in [6.45, 7) is 7.26. The summed E-state index contributed by atoms with van der Waals surface area (Å²) in [6.07, 6.45) is 8.41. The Morgan fingerprint density at radius 3 is 2.22 bits per heavy atom. The van der Waals surface area contributed by atoms with Crippen molar-refractivity contribution in [2.24, 2.45) is 5.92 Å². The van der Waals surface area contributed by atoms with Crippen LogP contribution in [0.2, 0.25) is 0 Å². The Balaban J connectivity index is 1.24. The Hall–Kier alpha value is -4.39. The minimum absolute atomic E-state index is 0.0645. The van der Waals surface area contributed by atoms with Crippen LogP contribution in [0.4, 0.5) is 0 Å². The molecule has 0 aliphatic heterocycles. The highest BCUT2D eigenvalue weighted by molar-refractivity contribution is 5.99. The van der Waals surface area contributed by atoms with Crippen molar-refractivity contribution in [3.63, 3.8) is 0 Å². The fourth-order valence-corrected chi connectivity index (χ4v) is 5.81. The first-order chi connectivity index (χ1) is 21.5. The summed E-state index contributed by atoms with van der Waals surface area (Å²) < 4.78 is 12.1. The molecule has 5 rings (SSSR count). The summed E-state index contributed by atoms with van der Waals surface area (Å²) in [4.78, 5) is 32.4. The zero-order valence-electron chi connectivity index (χ0n) is 27.1. The molecular weight excluding hydrogens is 562 g/mol. The van der Waals surface area contributed by atoms with Gasteiger partial charge in [0.05, 0.1) is 6.61 Å². The van der Waals surface area contributed by atoms with E-state index >= 15 is 0 Å². The van der Waals surface area contributed by atoms with E-state index in [9.17, 15) is 9.59 Å². The second-order valence-corrected chi connectivity index (χ2v) is 13.3. The van der Waals surface area contributed by atoms with Gasteiger partial charge < -0.3 is 19.7 Å². The van der Waals surface area contributed by atoms with Crippen molar-refractivity contribution in [3.05, 3.63) is 95.8 Å². The van der Waals surface area contributed by atoms with Crippen molar-refractivity contribution in [1.29, 1.82) is 0 Å². The first kappa shape index (κ1) is 32.0. The summed E-state index contributed by atoms with van der Waals surface area (Å²) >= 11 is 0. The van der Waals surface area contributed by atoms with Crippen molar-refractivity contribution in [2.45, 2.75) is 70.8 Å². The molecule has 1 saturated carbocycles. The number of rotatable bonds is 11. The molecule has 1 fully saturated rings. The van der Waals surface area contributed by atoms with Crippen LogP contribution in [0.5, 0.6) is 17.2 Å². The Labute approximate surface area is 267 Å². The number of fused-ring (bicyclic) bond motifs is 1. The molecule has 2 amide bonds. The number of nitrogens with one attached hydrogen (secondary N) is 1. The smallest absolute Gasteiger partial charge is 0.270 e. The summed E-state index contributed by atoms with van der Waals surface area (Å²) in [5.41, 5.74) is 2.46. The molecule has 0 saturated heterocycles. The van der Waals surface area contributed by atoms with Crippen LogP contribution < -0.4 is 14.8 Å². The van der Waals surface area contributed by atoms with E-state index in [1.807, 2.05) is 54.6 Å². The number of nitrogens with zero attached hydrogens (tertiary/aromatic N) is 2. The lowest BCUT2D eigenvalue weighted by Crippen LogP contribution is -2.47. The minimum Gasteiger partial charge on any atom is -0.494 e. The van der Waals surface area contributed by atoms with Gasteiger partial charge in [0.1, 0.15) is 29.0 Å². The van der Waals surface area contributed by atoms with Gasteiger partial charge >= 0.3 is 0 Å². The lowest BCUT2D eigenvalue weighted by molar-refractivity contribution is -0.130. The molecule has 45 heavy (non-hydrogen) atoms. The summed E-state index contributed by atoms with van der Waals surface area (Å²) in [5.74, 6) is 2.41. The molecule has 1 atom stereocenters. The fourth-order valence-electron chi connectivity index (χ4n) is 5.81. The number of pyridine rings is 1. The van der Waals surface area contributed by atoms with E-state index in [0.717, 1.165) is 46.8 Å². The van der Waals surface area contributed by atoms with E-state index in [-0.39, 0.29) is 17.0 Å². The predicted molar refractivity (Wildman–Crippen MR) is 179 cm³/mol. The predicted octanol–water partition coefficient (Wildman–Crippen LogP) is 7.71. The molecule has 4 aromatic rings. The van der Waals surface area contributed by atoms with Crippen LogP contribution in [0.3, 0.4) is 0 Å². The number of carbonyl (C=O) groups is 2. The lowest BCUT2D eigenvalue weighted by Gasteiger charge is -2.22. The van der Waals surface area contributed by atoms with Gasteiger partial charge in [-0.2, -0.15) is 0 Å². The molecule has 1 aliphatic carbocycles. The van der Waals surface area contributed by atoms with Crippen LogP contribution >= 0.6 is 0 Å². The monoisotopic (exact) mass is 607 g/mol. The van der Waals surface area contributed by atoms with Crippen LogP contribution in [0.1, 0.15) is 74.5 Å². The third-order valence-corrected chi connectivity index (χ3v) is 8.56. The highest BCUT2D eigenvalue weighted by atomic mass is 16.5. The number of benzene rings is 3. The largest absolute Gasteiger partial charge is 0.494 e. The second-order valence-electron chi connectivity index (χ2n) is 13.3. The van der Waals surface area contributed by atoms with Crippen LogP contribution in [0.15, 0.2) is 79.0 Å². The van der Waals surface area contributed by atoms with Crippen LogP contribution in [-0.2, 0) is 16.6 Å². The van der Waals surface area contributed by atoms with Gasteiger partial charge in [0, 0.05) is 32.1 Å². The highest BCUT2D eigenvalue weighted by Crippen LogP contribution is 2.30. The Kier molecular flexibility index (Phi) is 10.1. The average molecular weight is 608 g/mol. The van der Waals surface area contributed by atoms with E-state index in [4.69, 9.17) is 9.47 Å². The van der Waals surface area contributed by atoms with Gasteiger partial charge in [-0.1, -0.05) is 70.7 Å². The molecule has 1 aromatic heterocycles. The molecule has 0 radical (unpaired) electrons. The molecule has 0 spiro atoms. The van der Waals surface area contributed by atoms with E-state index < -0.39 is 11.9 Å². The third-order valence-electron chi connectivity index (χ3n) is 8.56.